The van der Waals surface area contributed by atoms with Crippen LogP contribution in [0.4, 0.5) is 20.4 Å². The Kier molecular flexibility index (Phi) is 5.29. The van der Waals surface area contributed by atoms with Gasteiger partial charge in [-0.05, 0) is 30.7 Å². The Morgan fingerprint density at radius 1 is 1.23 bits per heavy atom. The summed E-state index contributed by atoms with van der Waals surface area (Å²) >= 11 is 0. The molecule has 154 valence electrons. The Bertz CT molecular complexity index is 1080. The molecule has 1 unspecified atom stereocenters. The smallest absolute Gasteiger partial charge is 0.267 e. The molecule has 3 N–H and O–H groups in total. The maximum absolute atomic E-state index is 14.3. The zero-order chi connectivity index (χ0) is 21.1. The van der Waals surface area contributed by atoms with Crippen molar-refractivity contribution < 1.29 is 13.5 Å². The van der Waals surface area contributed by atoms with Gasteiger partial charge in [-0.2, -0.15) is 10.4 Å². The van der Waals surface area contributed by atoms with Gasteiger partial charge in [0.05, 0.1) is 37.7 Å². The second-order valence-corrected chi connectivity index (χ2v) is 6.93. The lowest BCUT2D eigenvalue weighted by molar-refractivity contribution is -0.0420. The minimum Gasteiger partial charge on any atom is -0.496 e. The van der Waals surface area contributed by atoms with Crippen molar-refractivity contribution in [2.45, 2.75) is 18.3 Å². The fourth-order valence-electron chi connectivity index (χ4n) is 3.50. The van der Waals surface area contributed by atoms with Gasteiger partial charge in [0.15, 0.2) is 11.5 Å². The third-order valence-corrected chi connectivity index (χ3v) is 5.00. The number of rotatable bonds is 5. The Labute approximate surface area is 171 Å². The van der Waals surface area contributed by atoms with Crippen molar-refractivity contribution in [2.24, 2.45) is 0 Å². The summed E-state index contributed by atoms with van der Waals surface area (Å²) in [6.07, 6.45) is 3.15. The second-order valence-electron chi connectivity index (χ2n) is 6.93. The van der Waals surface area contributed by atoms with Gasteiger partial charge in [-0.1, -0.05) is 6.07 Å². The topological polar surface area (TPSA) is 112 Å². The van der Waals surface area contributed by atoms with Crippen LogP contribution in [0.5, 0.6) is 5.75 Å². The highest BCUT2D eigenvalue weighted by Gasteiger charge is 2.42. The van der Waals surface area contributed by atoms with Gasteiger partial charge in [-0.15, -0.1) is 0 Å². The molecule has 1 aliphatic rings. The van der Waals surface area contributed by atoms with E-state index in [1.54, 1.807) is 24.3 Å². The minimum absolute atomic E-state index is 0.215. The average molecular weight is 411 g/mol. The number of hydrogen-bond donors (Lipinski definition) is 3. The van der Waals surface area contributed by atoms with E-state index in [2.05, 4.69) is 30.8 Å². The maximum atomic E-state index is 14.3. The van der Waals surface area contributed by atoms with Crippen LogP contribution in [0.3, 0.4) is 0 Å². The first-order valence-electron chi connectivity index (χ1n) is 9.31. The number of nitriles is 1. The number of hydrogen-bond acceptors (Lipinski definition) is 7. The van der Waals surface area contributed by atoms with Crippen LogP contribution in [0.1, 0.15) is 23.6 Å². The molecule has 0 spiro atoms. The molecule has 2 aromatic heterocycles. The number of nitrogens with zero attached hydrogens (tertiary/aromatic N) is 4. The lowest BCUT2D eigenvalue weighted by Gasteiger charge is -2.32. The highest BCUT2D eigenvalue weighted by atomic mass is 19.3. The van der Waals surface area contributed by atoms with Crippen molar-refractivity contribution in [3.8, 4) is 23.1 Å². The molecule has 30 heavy (non-hydrogen) atoms. The first-order valence-corrected chi connectivity index (χ1v) is 9.31. The number of halogens is 2. The highest BCUT2D eigenvalue weighted by molar-refractivity contribution is 5.71. The van der Waals surface area contributed by atoms with Crippen molar-refractivity contribution in [1.82, 2.24) is 25.5 Å². The Balaban J connectivity index is 1.57. The fraction of sp³-hybridized carbons (Fsp3) is 0.300. The molecule has 0 radical (unpaired) electrons. The molecule has 1 aromatic carbocycles. The zero-order valence-corrected chi connectivity index (χ0v) is 16.1. The molecule has 8 nitrogen and oxygen atoms in total. The second kappa shape index (κ2) is 8.04. The first-order chi connectivity index (χ1) is 14.5. The molecule has 1 atom stereocenters. The summed E-state index contributed by atoms with van der Waals surface area (Å²) in [6, 6.07) is 8.78. The molecule has 3 heterocycles. The van der Waals surface area contributed by atoms with Crippen molar-refractivity contribution in [3.63, 3.8) is 0 Å². The van der Waals surface area contributed by atoms with Crippen LogP contribution in [-0.2, 0) is 0 Å². The van der Waals surface area contributed by atoms with Gasteiger partial charge in [0.2, 0.25) is 0 Å². The van der Waals surface area contributed by atoms with Gasteiger partial charge in [0, 0.05) is 11.6 Å². The molecule has 1 saturated heterocycles. The number of aromatic nitrogens is 4. The van der Waals surface area contributed by atoms with Gasteiger partial charge < -0.3 is 15.4 Å². The van der Waals surface area contributed by atoms with Crippen molar-refractivity contribution in [1.29, 1.82) is 5.26 Å². The van der Waals surface area contributed by atoms with Crippen LogP contribution >= 0.6 is 0 Å². The highest BCUT2D eigenvalue weighted by Crippen LogP contribution is 2.41. The molecular formula is C20H19F2N7O. The fourth-order valence-corrected chi connectivity index (χ4v) is 3.50. The molecular weight excluding hydrogens is 392 g/mol. The van der Waals surface area contributed by atoms with E-state index in [9.17, 15) is 8.78 Å². The van der Waals surface area contributed by atoms with E-state index in [0.29, 0.717) is 47.2 Å². The van der Waals surface area contributed by atoms with Crippen molar-refractivity contribution in [2.75, 3.05) is 25.5 Å². The van der Waals surface area contributed by atoms with Crippen LogP contribution in [0.15, 0.2) is 36.7 Å². The van der Waals surface area contributed by atoms with Crippen LogP contribution in [0, 0.1) is 11.3 Å². The predicted octanol–water partition coefficient (Wildman–Crippen LogP) is 3.20. The monoisotopic (exact) mass is 411 g/mol. The SMILES string of the molecule is COc1cc(C2CCNCC2(F)F)ccc1-c1cc(Nc2cnc(C#N)cn2)n[nH]1. The Hall–Kier alpha value is -3.58. The summed E-state index contributed by atoms with van der Waals surface area (Å²) in [5.41, 5.74) is 2.12. The molecule has 3 aromatic rings. The molecule has 4 rings (SSSR count). The molecule has 1 aliphatic heterocycles. The van der Waals surface area contributed by atoms with Gasteiger partial charge in [0.1, 0.15) is 17.6 Å². The summed E-state index contributed by atoms with van der Waals surface area (Å²) < 4.78 is 34.1. The Morgan fingerprint density at radius 2 is 2.10 bits per heavy atom. The molecule has 0 aliphatic carbocycles. The minimum atomic E-state index is -2.81. The zero-order valence-electron chi connectivity index (χ0n) is 16.1. The normalized spacial score (nSPS) is 17.9. The predicted molar refractivity (Wildman–Crippen MR) is 106 cm³/mol. The lowest BCUT2D eigenvalue weighted by Crippen LogP contribution is -2.44. The van der Waals surface area contributed by atoms with E-state index in [1.165, 1.54) is 19.5 Å². The first kappa shape index (κ1) is 19.7. The molecule has 10 heteroatoms. The summed E-state index contributed by atoms with van der Waals surface area (Å²) in [4.78, 5) is 8.03. The summed E-state index contributed by atoms with van der Waals surface area (Å²) in [6.45, 7) is 0.230. The van der Waals surface area contributed by atoms with E-state index >= 15 is 0 Å². The van der Waals surface area contributed by atoms with E-state index in [4.69, 9.17) is 10.00 Å². The largest absolute Gasteiger partial charge is 0.496 e. The van der Waals surface area contributed by atoms with E-state index in [1.807, 2.05) is 6.07 Å². The number of methoxy groups -OCH3 is 1. The van der Waals surface area contributed by atoms with Gasteiger partial charge in [0.25, 0.3) is 5.92 Å². The van der Waals surface area contributed by atoms with E-state index in [0.717, 1.165) is 0 Å². The number of aromatic amines is 1. The average Bonchev–Trinajstić information content (AvgIpc) is 3.22. The van der Waals surface area contributed by atoms with Crippen molar-refractivity contribution >= 4 is 11.6 Å². The van der Waals surface area contributed by atoms with E-state index < -0.39 is 11.8 Å². The number of anilines is 2. The summed E-state index contributed by atoms with van der Waals surface area (Å²) in [5, 5.41) is 21.6. The standard InChI is InChI=1S/C20H19F2N7O/c1-30-17-6-12(15-4-5-24-11-20(15,21)22)2-3-14(17)16-7-18(29-28-16)27-19-10-25-13(8-23)9-26-19/h2-3,6-7,9-10,15,24H,4-5,11H2,1H3,(H2,26,27,28,29). The van der Waals surface area contributed by atoms with Gasteiger partial charge in [-0.25, -0.2) is 18.7 Å². The van der Waals surface area contributed by atoms with Crippen LogP contribution in [0.2, 0.25) is 0 Å². The number of nitrogens with one attached hydrogen (secondary N) is 3. The quantitative estimate of drug-likeness (QED) is 0.591. The van der Waals surface area contributed by atoms with Gasteiger partial charge in [-0.3, -0.25) is 5.10 Å². The summed E-state index contributed by atoms with van der Waals surface area (Å²) in [5.74, 6) is -2.26. The van der Waals surface area contributed by atoms with Gasteiger partial charge >= 0.3 is 0 Å². The Morgan fingerprint density at radius 3 is 2.80 bits per heavy atom. The third kappa shape index (κ3) is 3.92. The number of benzene rings is 1. The number of H-pyrrole nitrogens is 1. The lowest BCUT2D eigenvalue weighted by atomic mass is 9.86. The van der Waals surface area contributed by atoms with E-state index in [-0.39, 0.29) is 12.2 Å². The number of alkyl halides is 2. The number of piperidine rings is 1. The van der Waals surface area contributed by atoms with Crippen molar-refractivity contribution in [3.05, 3.63) is 47.9 Å². The van der Waals surface area contributed by atoms with Crippen LogP contribution < -0.4 is 15.4 Å². The summed E-state index contributed by atoms with van der Waals surface area (Å²) in [7, 11) is 1.51. The van der Waals surface area contributed by atoms with Crippen LogP contribution in [-0.4, -0.2) is 46.3 Å². The van der Waals surface area contributed by atoms with Crippen LogP contribution in [0.25, 0.3) is 11.3 Å². The third-order valence-electron chi connectivity index (χ3n) is 5.00. The molecule has 0 amide bonds. The molecule has 0 bridgehead atoms. The molecule has 0 saturated carbocycles. The molecule has 1 fully saturated rings. The number of ether oxygens (including phenoxy) is 1. The maximum Gasteiger partial charge on any atom is 0.267 e.